The Hall–Kier alpha value is -1.10. The van der Waals surface area contributed by atoms with Crippen LogP contribution >= 0.6 is 0 Å². The van der Waals surface area contributed by atoms with Gasteiger partial charge in [-0.3, -0.25) is 0 Å². The fourth-order valence-corrected chi connectivity index (χ4v) is 6.16. The van der Waals surface area contributed by atoms with Crippen LogP contribution in [0.15, 0.2) is 24.3 Å². The zero-order valence-corrected chi connectivity index (χ0v) is 30.6. The predicted molar refractivity (Wildman–Crippen MR) is 185 cm³/mol. The van der Waals surface area contributed by atoms with E-state index >= 15 is 0 Å². The first-order valence-corrected chi connectivity index (χ1v) is 18.5. The maximum absolute atomic E-state index is 5.90. The van der Waals surface area contributed by atoms with Crippen molar-refractivity contribution in [3.63, 3.8) is 0 Å². The molecule has 1 aromatic carbocycles. The molecule has 0 amide bonds. The summed E-state index contributed by atoms with van der Waals surface area (Å²) in [5.74, 6) is 0. The van der Waals surface area contributed by atoms with Gasteiger partial charge in [0.1, 0.15) is 0 Å². The predicted octanol–water partition coefficient (Wildman–Crippen LogP) is 7.25. The molecule has 0 aromatic heterocycles. The average Bonchev–Trinajstić information content (AvgIpc) is 3.00. The summed E-state index contributed by atoms with van der Waals surface area (Å²) in [6, 6.07) is 8.54. The Balaban J connectivity index is 0.000000184. The fourth-order valence-electron chi connectivity index (χ4n) is 6.16. The van der Waals surface area contributed by atoms with Crippen LogP contribution in [0.4, 0.5) is 0 Å². The Morgan fingerprint density at radius 1 is 0.383 bits per heavy atom. The Bertz CT molecular complexity index is 902. The molecule has 8 heteroatoms. The van der Waals surface area contributed by atoms with Crippen molar-refractivity contribution in [1.82, 2.24) is 0 Å². The maximum Gasteiger partial charge on any atom is 0.0717 e. The van der Waals surface area contributed by atoms with E-state index < -0.39 is 0 Å². The Kier molecular flexibility index (Phi) is 15.0. The van der Waals surface area contributed by atoms with Gasteiger partial charge in [-0.15, -0.1) is 0 Å². The summed E-state index contributed by atoms with van der Waals surface area (Å²) in [5.41, 5.74) is 4.16. The molecule has 0 radical (unpaired) electrons. The molecule has 8 nitrogen and oxygen atoms in total. The second-order valence-electron chi connectivity index (χ2n) is 15.4. The molecular weight excluding hydrogens is 596 g/mol. The highest BCUT2D eigenvalue weighted by Gasteiger charge is 2.41. The first-order valence-electron chi connectivity index (χ1n) is 18.5. The third kappa shape index (κ3) is 10.5. The minimum absolute atomic E-state index is 0.258. The van der Waals surface area contributed by atoms with Crippen LogP contribution in [0.2, 0.25) is 0 Å². The molecule has 47 heavy (non-hydrogen) atoms. The van der Waals surface area contributed by atoms with Gasteiger partial charge in [-0.05, 0) is 49.7 Å². The van der Waals surface area contributed by atoms with Gasteiger partial charge >= 0.3 is 0 Å². The van der Waals surface area contributed by atoms with E-state index in [4.69, 9.17) is 37.9 Å². The lowest BCUT2D eigenvalue weighted by Crippen LogP contribution is -2.49. The summed E-state index contributed by atoms with van der Waals surface area (Å²) < 4.78 is 44.0. The lowest BCUT2D eigenvalue weighted by Gasteiger charge is -2.44. The summed E-state index contributed by atoms with van der Waals surface area (Å²) in [6.45, 7) is 26.8. The van der Waals surface area contributed by atoms with Gasteiger partial charge < -0.3 is 37.9 Å². The van der Waals surface area contributed by atoms with Gasteiger partial charge in [0.05, 0.1) is 106 Å². The van der Waals surface area contributed by atoms with Crippen LogP contribution in [0, 0.1) is 27.1 Å². The van der Waals surface area contributed by atoms with Crippen molar-refractivity contribution < 1.29 is 37.9 Å². The van der Waals surface area contributed by atoms with Gasteiger partial charge in [0.25, 0.3) is 0 Å². The van der Waals surface area contributed by atoms with Gasteiger partial charge in [-0.2, -0.15) is 0 Å². The van der Waals surface area contributed by atoms with Crippen molar-refractivity contribution in [3.8, 4) is 0 Å². The molecule has 1 aromatic rings. The molecule has 0 bridgehead atoms. The molecule has 0 spiro atoms. The van der Waals surface area contributed by atoms with Crippen molar-refractivity contribution in [3.05, 3.63) is 35.4 Å². The van der Waals surface area contributed by atoms with Crippen LogP contribution < -0.4 is 0 Å². The topological polar surface area (TPSA) is 73.8 Å². The molecule has 0 N–H and O–H groups in total. The molecule has 0 unspecified atom stereocenters. The Morgan fingerprint density at radius 2 is 0.617 bits per heavy atom. The van der Waals surface area contributed by atoms with Gasteiger partial charge in [0.15, 0.2) is 0 Å². The summed E-state index contributed by atoms with van der Waals surface area (Å²) in [5, 5.41) is 0. The molecule has 0 atom stereocenters. The quantitative estimate of drug-likeness (QED) is 0.163. The number of ether oxygens (including phenoxy) is 8. The number of hydrogen-bond donors (Lipinski definition) is 0. The van der Waals surface area contributed by atoms with E-state index in [1.807, 2.05) is 0 Å². The van der Waals surface area contributed by atoms with E-state index in [1.54, 1.807) is 0 Å². The number of rotatable bonds is 18. The molecule has 6 rings (SSSR count). The highest BCUT2D eigenvalue weighted by Crippen LogP contribution is 2.36. The first kappa shape index (κ1) is 38.7. The Labute approximate surface area is 285 Å². The smallest absolute Gasteiger partial charge is 0.0717 e. The van der Waals surface area contributed by atoms with Crippen molar-refractivity contribution in [1.29, 1.82) is 0 Å². The molecule has 0 saturated carbocycles. The van der Waals surface area contributed by atoms with Crippen LogP contribution in [0.5, 0.6) is 0 Å². The van der Waals surface area contributed by atoms with Crippen LogP contribution in [-0.2, 0) is 51.1 Å². The van der Waals surface area contributed by atoms with Crippen molar-refractivity contribution in [2.75, 3.05) is 92.5 Å². The maximum atomic E-state index is 5.90. The Morgan fingerprint density at radius 3 is 0.787 bits per heavy atom. The van der Waals surface area contributed by atoms with Crippen molar-refractivity contribution >= 4 is 0 Å². The molecule has 5 fully saturated rings. The second kappa shape index (κ2) is 18.2. The molecule has 0 aliphatic carbocycles. The average molecular weight is 663 g/mol. The number of hydrogen-bond acceptors (Lipinski definition) is 8. The van der Waals surface area contributed by atoms with Gasteiger partial charge in [0.2, 0.25) is 0 Å². The molecule has 5 saturated heterocycles. The largest absolute Gasteiger partial charge is 0.380 e. The van der Waals surface area contributed by atoms with Crippen LogP contribution in [0.3, 0.4) is 0 Å². The van der Waals surface area contributed by atoms with Gasteiger partial charge in [-0.1, -0.05) is 65.8 Å². The van der Waals surface area contributed by atoms with Crippen molar-refractivity contribution in [2.45, 2.75) is 93.3 Å². The van der Waals surface area contributed by atoms with Crippen LogP contribution in [-0.4, -0.2) is 92.5 Å². The third-order valence-corrected chi connectivity index (χ3v) is 11.8. The van der Waals surface area contributed by atoms with E-state index in [0.717, 1.165) is 118 Å². The van der Waals surface area contributed by atoms with Gasteiger partial charge in [-0.25, -0.2) is 0 Å². The highest BCUT2D eigenvalue weighted by molar-refractivity contribution is 5.21. The zero-order valence-electron chi connectivity index (χ0n) is 30.6. The number of benzene rings is 1. The standard InChI is InChI=1S/C20H30O4.C12H22O3.C7H14O/c1-3-19(13-23-14-19)11-21-9-17-5-7-18(8-6-17)10-22-12-20(4-2)15-24-16-20;1-3-11(5-13-6-11)9-15-10-12(4-2)7-14-8-12;1-3-7(4-2)5-8-6-7/h5-8H,3-4,9-16H2,1-2H3;3-10H2,1-2H3;3-6H2,1-2H3. The van der Waals surface area contributed by atoms with E-state index in [1.165, 1.54) is 24.0 Å². The minimum atomic E-state index is 0.258. The summed E-state index contributed by atoms with van der Waals surface area (Å²) in [6.07, 6.45) is 7.11. The van der Waals surface area contributed by atoms with E-state index in [0.29, 0.717) is 29.5 Å². The molecule has 5 aliphatic rings. The van der Waals surface area contributed by atoms with Crippen LogP contribution in [0.25, 0.3) is 0 Å². The third-order valence-electron chi connectivity index (χ3n) is 11.8. The molecule has 5 aliphatic heterocycles. The van der Waals surface area contributed by atoms with E-state index in [-0.39, 0.29) is 10.8 Å². The fraction of sp³-hybridized carbons (Fsp3) is 0.846. The summed E-state index contributed by atoms with van der Waals surface area (Å²) in [4.78, 5) is 0. The van der Waals surface area contributed by atoms with Crippen LogP contribution in [0.1, 0.15) is 91.2 Å². The minimum Gasteiger partial charge on any atom is -0.380 e. The first-order chi connectivity index (χ1) is 22.8. The zero-order chi connectivity index (χ0) is 33.7. The highest BCUT2D eigenvalue weighted by atomic mass is 16.5. The normalized spacial score (nSPS) is 23.5. The molecular formula is C39H66O8. The molecule has 270 valence electrons. The lowest BCUT2D eigenvalue weighted by atomic mass is 9.81. The van der Waals surface area contributed by atoms with Crippen molar-refractivity contribution in [2.24, 2.45) is 27.1 Å². The van der Waals surface area contributed by atoms with Gasteiger partial charge in [0, 0.05) is 27.1 Å². The monoisotopic (exact) mass is 662 g/mol. The lowest BCUT2D eigenvalue weighted by molar-refractivity contribution is -0.187. The summed E-state index contributed by atoms with van der Waals surface area (Å²) >= 11 is 0. The second-order valence-corrected chi connectivity index (χ2v) is 15.4. The SMILES string of the molecule is CCC1(CC)COC1.CCC1(COCC2(CC)COC2)COC1.CCC1(COCc2ccc(COCC3(CC)COC3)cc2)COC1. The molecule has 5 heterocycles. The summed E-state index contributed by atoms with van der Waals surface area (Å²) in [7, 11) is 0. The van der Waals surface area contributed by atoms with E-state index in [2.05, 4.69) is 65.8 Å². The van der Waals surface area contributed by atoms with E-state index in [9.17, 15) is 0 Å².